The highest BCUT2D eigenvalue weighted by molar-refractivity contribution is 6.02. The third kappa shape index (κ3) is 2.22. The third-order valence-electron chi connectivity index (χ3n) is 7.39. The van der Waals surface area contributed by atoms with Crippen LogP contribution in [-0.4, -0.2) is 35.5 Å². The average molecular weight is 353 g/mol. The third-order valence-corrected chi connectivity index (χ3v) is 7.39. The maximum absolute atomic E-state index is 13.1. The molecule has 5 heteroatoms. The lowest BCUT2D eigenvalue weighted by Crippen LogP contribution is -2.70. The number of rotatable bonds is 1. The van der Waals surface area contributed by atoms with E-state index in [4.69, 9.17) is 0 Å². The second kappa shape index (κ2) is 5.48. The Kier molecular flexibility index (Phi) is 3.40. The molecular weight excluding hydrogens is 326 g/mol. The number of fused-ring (bicyclic) bond motifs is 3. The number of anilines is 1. The summed E-state index contributed by atoms with van der Waals surface area (Å²) in [6.07, 6.45) is 6.11. The van der Waals surface area contributed by atoms with Gasteiger partial charge in [-0.05, 0) is 56.1 Å². The highest BCUT2D eigenvalue weighted by Crippen LogP contribution is 2.58. The maximum atomic E-state index is 13.1. The highest BCUT2D eigenvalue weighted by Gasteiger charge is 2.60. The predicted octanol–water partition coefficient (Wildman–Crippen LogP) is 2.99. The largest absolute Gasteiger partial charge is 0.362 e. The van der Waals surface area contributed by atoms with Crippen LogP contribution in [0.15, 0.2) is 24.3 Å². The molecule has 2 aliphatic heterocycles. The number of carbonyl (C=O) groups is 2. The summed E-state index contributed by atoms with van der Waals surface area (Å²) in [5, 5.41) is 6.97. The van der Waals surface area contributed by atoms with Crippen molar-refractivity contribution in [1.82, 2.24) is 10.2 Å². The lowest BCUT2D eigenvalue weighted by Gasteiger charge is -2.61. The summed E-state index contributed by atoms with van der Waals surface area (Å²) in [5.41, 5.74) is 1.19. The molecule has 2 heterocycles. The zero-order chi connectivity index (χ0) is 17.9. The molecule has 4 fully saturated rings. The predicted molar refractivity (Wildman–Crippen MR) is 99.6 cm³/mol. The maximum Gasteiger partial charge on any atom is 0.255 e. The lowest BCUT2D eigenvalue weighted by atomic mass is 9.51. The summed E-state index contributed by atoms with van der Waals surface area (Å²) in [6.45, 7) is 4.10. The molecule has 3 saturated carbocycles. The van der Waals surface area contributed by atoms with Crippen molar-refractivity contribution in [3.8, 4) is 0 Å². The number of hydrogen-bond donors (Lipinski definition) is 2. The Hall–Kier alpha value is -2.04. The van der Waals surface area contributed by atoms with Gasteiger partial charge in [-0.3, -0.25) is 9.59 Å². The van der Waals surface area contributed by atoms with Crippen LogP contribution in [0.3, 0.4) is 0 Å². The Morgan fingerprint density at radius 1 is 1.19 bits per heavy atom. The molecule has 1 aromatic rings. The zero-order valence-corrected chi connectivity index (χ0v) is 15.4. The number of carbonyl (C=O) groups excluding carboxylic acids is 2. The molecule has 2 N–H and O–H groups in total. The summed E-state index contributed by atoms with van der Waals surface area (Å²) in [4.78, 5) is 28.0. The smallest absolute Gasteiger partial charge is 0.255 e. The van der Waals surface area contributed by atoms with Gasteiger partial charge < -0.3 is 15.5 Å². The number of amides is 2. The van der Waals surface area contributed by atoms with Crippen molar-refractivity contribution in [2.45, 2.75) is 51.1 Å². The van der Waals surface area contributed by atoms with Gasteiger partial charge in [0.25, 0.3) is 5.91 Å². The van der Waals surface area contributed by atoms with E-state index in [1.165, 1.54) is 0 Å². The first-order valence-electron chi connectivity index (χ1n) is 9.99. The second-order valence-corrected chi connectivity index (χ2v) is 8.98. The first kappa shape index (κ1) is 16.2. The first-order chi connectivity index (χ1) is 12.5. The SMILES string of the molecule is CC12CCC(CC1C(=O)N1CCCC1)C1(C2)NC(=O)c2ccccc2N1. The molecule has 5 nitrogen and oxygen atoms in total. The van der Waals surface area contributed by atoms with Crippen LogP contribution in [0.5, 0.6) is 0 Å². The van der Waals surface area contributed by atoms with Gasteiger partial charge in [-0.1, -0.05) is 19.1 Å². The molecule has 1 aromatic carbocycles. The van der Waals surface area contributed by atoms with Crippen molar-refractivity contribution in [2.75, 3.05) is 18.4 Å². The summed E-state index contributed by atoms with van der Waals surface area (Å²) in [7, 11) is 0. The van der Waals surface area contributed by atoms with Crippen molar-refractivity contribution in [3.05, 3.63) is 29.8 Å². The first-order valence-corrected chi connectivity index (χ1v) is 9.99. The van der Waals surface area contributed by atoms with Crippen molar-refractivity contribution < 1.29 is 9.59 Å². The number of likely N-dealkylation sites (tertiary alicyclic amines) is 1. The van der Waals surface area contributed by atoms with Crippen LogP contribution in [0.4, 0.5) is 5.69 Å². The minimum Gasteiger partial charge on any atom is -0.362 e. The van der Waals surface area contributed by atoms with Crippen LogP contribution in [-0.2, 0) is 4.79 Å². The molecule has 4 atom stereocenters. The fraction of sp³-hybridized carbons (Fsp3) is 0.619. The summed E-state index contributed by atoms with van der Waals surface area (Å²) >= 11 is 0. The van der Waals surface area contributed by atoms with Crippen molar-refractivity contribution >= 4 is 17.5 Å². The Morgan fingerprint density at radius 3 is 2.73 bits per heavy atom. The van der Waals surface area contributed by atoms with Gasteiger partial charge in [0, 0.05) is 30.6 Å². The van der Waals surface area contributed by atoms with Crippen LogP contribution in [0.2, 0.25) is 0 Å². The molecule has 2 bridgehead atoms. The van der Waals surface area contributed by atoms with Crippen LogP contribution in [0.1, 0.15) is 55.8 Å². The number of hydrogen-bond acceptors (Lipinski definition) is 3. The fourth-order valence-electron chi connectivity index (χ4n) is 5.99. The minimum atomic E-state index is -0.403. The number of nitrogens with zero attached hydrogens (tertiary/aromatic N) is 1. The molecule has 6 rings (SSSR count). The van der Waals surface area contributed by atoms with Gasteiger partial charge in [-0.2, -0.15) is 0 Å². The zero-order valence-electron chi connectivity index (χ0n) is 15.4. The Morgan fingerprint density at radius 2 is 1.96 bits per heavy atom. The molecular formula is C21H27N3O2. The second-order valence-electron chi connectivity index (χ2n) is 8.98. The molecule has 0 radical (unpaired) electrons. The quantitative estimate of drug-likeness (QED) is 0.816. The van der Waals surface area contributed by atoms with Crippen LogP contribution >= 0.6 is 0 Å². The summed E-state index contributed by atoms with van der Waals surface area (Å²) in [5.74, 6) is 0.768. The van der Waals surface area contributed by atoms with Gasteiger partial charge >= 0.3 is 0 Å². The van der Waals surface area contributed by atoms with Crippen molar-refractivity contribution in [3.63, 3.8) is 0 Å². The van der Waals surface area contributed by atoms with E-state index in [-0.39, 0.29) is 17.2 Å². The molecule has 138 valence electrons. The van der Waals surface area contributed by atoms with E-state index in [0.717, 1.165) is 62.9 Å². The number of benzene rings is 1. The van der Waals surface area contributed by atoms with Crippen molar-refractivity contribution in [2.24, 2.45) is 17.3 Å². The van der Waals surface area contributed by atoms with Crippen molar-refractivity contribution in [1.29, 1.82) is 0 Å². The normalized spacial score (nSPS) is 38.0. The van der Waals surface area contributed by atoms with Gasteiger partial charge in [0.05, 0.1) is 5.56 Å². The monoisotopic (exact) mass is 353 g/mol. The molecule has 2 amide bonds. The molecule has 3 aliphatic carbocycles. The van der Waals surface area contributed by atoms with E-state index in [0.29, 0.717) is 11.8 Å². The van der Waals surface area contributed by atoms with Crippen LogP contribution in [0, 0.1) is 17.3 Å². The standard InChI is InChI=1S/C21H27N3O2/c1-20-9-8-14(12-16(20)19(26)24-10-4-5-11-24)21(13-20)22-17-7-3-2-6-15(17)18(25)23-21/h2-3,6-7,14,16,22H,4-5,8-13H2,1H3,(H,23,25). The van der Waals surface area contributed by atoms with Gasteiger partial charge in [-0.15, -0.1) is 0 Å². The summed E-state index contributed by atoms with van der Waals surface area (Å²) < 4.78 is 0. The molecule has 1 spiro atoms. The number of nitrogens with one attached hydrogen (secondary N) is 2. The van der Waals surface area contributed by atoms with E-state index in [2.05, 4.69) is 22.5 Å². The molecule has 0 aromatic heterocycles. The lowest BCUT2D eigenvalue weighted by molar-refractivity contribution is -0.149. The van der Waals surface area contributed by atoms with E-state index in [1.807, 2.05) is 24.3 Å². The van der Waals surface area contributed by atoms with Gasteiger partial charge in [0.2, 0.25) is 5.91 Å². The van der Waals surface area contributed by atoms with Gasteiger partial charge in [0.15, 0.2) is 0 Å². The van der Waals surface area contributed by atoms with Gasteiger partial charge in [-0.25, -0.2) is 0 Å². The molecule has 1 saturated heterocycles. The van der Waals surface area contributed by atoms with Gasteiger partial charge in [0.1, 0.15) is 5.66 Å². The Labute approximate surface area is 154 Å². The highest BCUT2D eigenvalue weighted by atomic mass is 16.2. The average Bonchev–Trinajstić information content (AvgIpc) is 3.15. The van der Waals surface area contributed by atoms with E-state index in [9.17, 15) is 9.59 Å². The minimum absolute atomic E-state index is 0.0120. The number of para-hydroxylation sites is 1. The van der Waals surface area contributed by atoms with Crippen LogP contribution in [0.25, 0.3) is 0 Å². The van der Waals surface area contributed by atoms with E-state index in [1.54, 1.807) is 0 Å². The Bertz CT molecular complexity index is 772. The fourth-order valence-corrected chi connectivity index (χ4v) is 5.99. The topological polar surface area (TPSA) is 61.4 Å². The molecule has 4 unspecified atom stereocenters. The molecule has 26 heavy (non-hydrogen) atoms. The van der Waals surface area contributed by atoms with Crippen LogP contribution < -0.4 is 10.6 Å². The Balaban J connectivity index is 1.45. The van der Waals surface area contributed by atoms with E-state index < -0.39 is 5.66 Å². The molecule has 5 aliphatic rings. The van der Waals surface area contributed by atoms with E-state index >= 15 is 0 Å². The summed E-state index contributed by atoms with van der Waals surface area (Å²) in [6, 6.07) is 7.73.